The highest BCUT2D eigenvalue weighted by atomic mass is 35.5. The van der Waals surface area contributed by atoms with Crippen molar-refractivity contribution in [2.75, 3.05) is 5.32 Å². The molecule has 0 heterocycles. The molecule has 1 unspecified atom stereocenters. The summed E-state index contributed by atoms with van der Waals surface area (Å²) in [4.78, 5) is 23.9. The summed E-state index contributed by atoms with van der Waals surface area (Å²) >= 11 is 7.25. The van der Waals surface area contributed by atoms with Crippen LogP contribution in [-0.4, -0.2) is 34.3 Å². The number of benzene rings is 2. The van der Waals surface area contributed by atoms with Gasteiger partial charge in [-0.2, -0.15) is 0 Å². The summed E-state index contributed by atoms with van der Waals surface area (Å²) in [5.74, 6) is -2.00. The van der Waals surface area contributed by atoms with E-state index in [4.69, 9.17) is 11.6 Å². The third-order valence-electron chi connectivity index (χ3n) is 5.15. The standard InChI is InChI=1S/C22H21ClF4N2O4S/c1-21(2,19(30)31)34-17-10-16(23)15-9-12(5-8-14(15)18(17)24)29-20(32)28-11-3-6-13(7-4-11)33-22(25,26)27/h3-4,6-7,10,12H,5,8-9H2,1-2H3,(H,30,31)(H2,28,29,32). The van der Waals surface area contributed by atoms with Crippen LogP contribution in [0.5, 0.6) is 5.75 Å². The number of fused-ring (bicyclic) bond motifs is 1. The third-order valence-corrected chi connectivity index (χ3v) is 6.69. The Morgan fingerprint density at radius 1 is 1.18 bits per heavy atom. The van der Waals surface area contributed by atoms with Gasteiger partial charge in [-0.3, -0.25) is 4.79 Å². The normalized spacial score (nSPS) is 15.9. The molecule has 0 saturated heterocycles. The molecule has 0 aliphatic heterocycles. The van der Waals surface area contributed by atoms with E-state index in [1.807, 2.05) is 0 Å². The summed E-state index contributed by atoms with van der Waals surface area (Å²) in [5, 5.41) is 14.9. The topological polar surface area (TPSA) is 87.7 Å². The zero-order chi connectivity index (χ0) is 25.3. The Balaban J connectivity index is 1.64. The van der Waals surface area contributed by atoms with Crippen LogP contribution in [0.3, 0.4) is 0 Å². The monoisotopic (exact) mass is 520 g/mol. The maximum Gasteiger partial charge on any atom is 0.573 e. The van der Waals surface area contributed by atoms with Crippen LogP contribution in [0, 0.1) is 5.82 Å². The Kier molecular flexibility index (Phi) is 7.56. The van der Waals surface area contributed by atoms with Crippen LogP contribution >= 0.6 is 23.4 Å². The molecule has 34 heavy (non-hydrogen) atoms. The van der Waals surface area contributed by atoms with Crippen LogP contribution in [0.25, 0.3) is 0 Å². The Hall–Kier alpha value is -2.66. The molecular weight excluding hydrogens is 500 g/mol. The maximum absolute atomic E-state index is 15.1. The van der Waals surface area contributed by atoms with Crippen LogP contribution in [0.1, 0.15) is 31.4 Å². The number of carboxylic acids is 1. The van der Waals surface area contributed by atoms with E-state index >= 15 is 4.39 Å². The number of thioether (sulfide) groups is 1. The number of rotatable bonds is 6. The molecule has 0 fully saturated rings. The van der Waals surface area contributed by atoms with Gasteiger partial charge in [0.05, 0.1) is 0 Å². The molecule has 0 aromatic heterocycles. The van der Waals surface area contributed by atoms with E-state index in [2.05, 4.69) is 15.4 Å². The summed E-state index contributed by atoms with van der Waals surface area (Å²) in [6, 6.07) is 5.14. The first kappa shape index (κ1) is 26.0. The number of amides is 2. The minimum absolute atomic E-state index is 0.151. The summed E-state index contributed by atoms with van der Waals surface area (Å²) in [6.45, 7) is 2.95. The summed E-state index contributed by atoms with van der Waals surface area (Å²) in [7, 11) is 0. The smallest absolute Gasteiger partial charge is 0.480 e. The van der Waals surface area contributed by atoms with Gasteiger partial charge in [0.15, 0.2) is 0 Å². The van der Waals surface area contributed by atoms with E-state index in [-0.39, 0.29) is 34.5 Å². The number of carbonyl (C=O) groups excluding carboxylic acids is 1. The molecule has 3 N–H and O–H groups in total. The van der Waals surface area contributed by atoms with Gasteiger partial charge in [0.25, 0.3) is 0 Å². The van der Waals surface area contributed by atoms with Gasteiger partial charge >= 0.3 is 18.4 Å². The highest BCUT2D eigenvalue weighted by Gasteiger charge is 2.33. The molecule has 0 radical (unpaired) electrons. The Morgan fingerprint density at radius 3 is 2.41 bits per heavy atom. The summed E-state index contributed by atoms with van der Waals surface area (Å²) in [6.07, 6.45) is -3.83. The molecule has 2 aromatic rings. The Bertz CT molecular complexity index is 1090. The predicted molar refractivity (Wildman–Crippen MR) is 120 cm³/mol. The van der Waals surface area contributed by atoms with E-state index in [1.54, 1.807) is 0 Å². The fourth-order valence-corrected chi connectivity index (χ4v) is 4.84. The molecular formula is C22H21ClF4N2O4S. The molecule has 2 aromatic carbocycles. The third kappa shape index (κ3) is 6.47. The second-order valence-corrected chi connectivity index (χ2v) is 10.2. The molecule has 0 bridgehead atoms. The van der Waals surface area contributed by atoms with Crippen molar-refractivity contribution in [3.8, 4) is 5.75 Å². The number of aliphatic carboxylic acids is 1. The van der Waals surface area contributed by atoms with Crippen molar-refractivity contribution in [2.24, 2.45) is 0 Å². The minimum atomic E-state index is -4.81. The lowest BCUT2D eigenvalue weighted by molar-refractivity contribution is -0.274. The Labute approximate surface area is 202 Å². The van der Waals surface area contributed by atoms with Gasteiger partial charge in [0, 0.05) is 21.6 Å². The molecule has 6 nitrogen and oxygen atoms in total. The second-order valence-electron chi connectivity index (χ2n) is 8.16. The quantitative estimate of drug-likeness (QED) is 0.320. The van der Waals surface area contributed by atoms with Crippen molar-refractivity contribution in [3.05, 3.63) is 52.3 Å². The fourth-order valence-electron chi connectivity index (χ4n) is 3.45. The van der Waals surface area contributed by atoms with Crippen molar-refractivity contribution in [3.63, 3.8) is 0 Å². The number of urea groups is 1. The lowest BCUT2D eigenvalue weighted by Crippen LogP contribution is -2.41. The van der Waals surface area contributed by atoms with E-state index in [0.29, 0.717) is 17.5 Å². The van der Waals surface area contributed by atoms with Crippen LogP contribution < -0.4 is 15.4 Å². The molecule has 1 aliphatic rings. The van der Waals surface area contributed by atoms with Crippen LogP contribution in [0.15, 0.2) is 35.2 Å². The van der Waals surface area contributed by atoms with Gasteiger partial charge in [-0.15, -0.1) is 24.9 Å². The van der Waals surface area contributed by atoms with Gasteiger partial charge in [-0.1, -0.05) is 11.6 Å². The van der Waals surface area contributed by atoms with Gasteiger partial charge in [0.1, 0.15) is 16.3 Å². The number of hydrogen-bond acceptors (Lipinski definition) is 4. The van der Waals surface area contributed by atoms with Gasteiger partial charge in [-0.05, 0) is 74.6 Å². The minimum Gasteiger partial charge on any atom is -0.480 e. The van der Waals surface area contributed by atoms with E-state index in [1.165, 1.54) is 32.0 Å². The molecule has 0 spiro atoms. The SMILES string of the molecule is CC(C)(Sc1cc(Cl)c2c(c1F)CCC(NC(=O)Nc1ccc(OC(F)(F)F)cc1)C2)C(=O)O. The van der Waals surface area contributed by atoms with Gasteiger partial charge < -0.3 is 20.5 Å². The number of carboxylic acid groups (broad SMARTS) is 1. The predicted octanol–water partition coefficient (Wildman–Crippen LogP) is 6.01. The number of hydrogen-bond donors (Lipinski definition) is 3. The van der Waals surface area contributed by atoms with Gasteiger partial charge in [0.2, 0.25) is 0 Å². The average Bonchev–Trinajstić information content (AvgIpc) is 2.72. The zero-order valence-electron chi connectivity index (χ0n) is 18.1. The number of nitrogens with one attached hydrogen (secondary N) is 2. The number of ether oxygens (including phenoxy) is 1. The highest BCUT2D eigenvalue weighted by molar-refractivity contribution is 8.01. The first-order chi connectivity index (χ1) is 15.7. The number of alkyl halides is 3. The molecule has 1 atom stereocenters. The molecule has 0 saturated carbocycles. The van der Waals surface area contributed by atoms with Crippen molar-refractivity contribution in [1.29, 1.82) is 0 Å². The zero-order valence-corrected chi connectivity index (χ0v) is 19.6. The van der Waals surface area contributed by atoms with E-state index in [9.17, 15) is 27.9 Å². The molecule has 12 heteroatoms. The van der Waals surface area contributed by atoms with E-state index < -0.39 is 34.7 Å². The Morgan fingerprint density at radius 2 is 1.82 bits per heavy atom. The van der Waals surface area contributed by atoms with Crippen LogP contribution in [0.4, 0.5) is 28.0 Å². The van der Waals surface area contributed by atoms with Crippen LogP contribution in [0.2, 0.25) is 5.02 Å². The largest absolute Gasteiger partial charge is 0.573 e. The van der Waals surface area contributed by atoms with Crippen molar-refractivity contribution in [1.82, 2.24) is 5.32 Å². The first-order valence-electron chi connectivity index (χ1n) is 10.1. The molecule has 1 aliphatic carbocycles. The van der Waals surface area contributed by atoms with Crippen LogP contribution in [-0.2, 0) is 17.6 Å². The molecule has 184 valence electrons. The maximum atomic E-state index is 15.1. The number of carbonyl (C=O) groups is 2. The molecule has 3 rings (SSSR count). The van der Waals surface area contributed by atoms with Crippen molar-refractivity contribution < 1.29 is 37.0 Å². The van der Waals surface area contributed by atoms with Crippen molar-refractivity contribution in [2.45, 2.75) is 55.2 Å². The highest BCUT2D eigenvalue weighted by Crippen LogP contribution is 2.40. The number of halogens is 5. The number of anilines is 1. The van der Waals surface area contributed by atoms with Gasteiger partial charge in [-0.25, -0.2) is 9.18 Å². The lowest BCUT2D eigenvalue weighted by atomic mass is 9.88. The fraction of sp³-hybridized carbons (Fsp3) is 0.364. The van der Waals surface area contributed by atoms with Crippen molar-refractivity contribution >= 4 is 41.1 Å². The second kappa shape index (κ2) is 9.91. The first-order valence-corrected chi connectivity index (χ1v) is 11.3. The summed E-state index contributed by atoms with van der Waals surface area (Å²) < 4.78 is 54.3. The molecule has 2 amide bonds. The lowest BCUT2D eigenvalue weighted by Gasteiger charge is -2.28. The average molecular weight is 521 g/mol. The van der Waals surface area contributed by atoms with E-state index in [0.717, 1.165) is 23.9 Å². The summed E-state index contributed by atoms with van der Waals surface area (Å²) in [5.41, 5.74) is 1.20.